The SMILES string of the molecule is CC(C)n1nnnc1SCC(=O)Nc1ccc(Oc2ccccc2)cc1. The van der Waals surface area contributed by atoms with Crippen molar-refractivity contribution in [2.75, 3.05) is 11.1 Å². The van der Waals surface area contributed by atoms with E-state index < -0.39 is 0 Å². The smallest absolute Gasteiger partial charge is 0.234 e. The molecule has 0 bridgehead atoms. The largest absolute Gasteiger partial charge is 0.457 e. The third-order valence-corrected chi connectivity index (χ3v) is 4.33. The molecule has 26 heavy (non-hydrogen) atoms. The van der Waals surface area contributed by atoms with Crippen LogP contribution in [0.25, 0.3) is 0 Å². The molecule has 1 aromatic heterocycles. The van der Waals surface area contributed by atoms with Crippen LogP contribution in [-0.4, -0.2) is 31.9 Å². The Bertz CT molecular complexity index is 850. The lowest BCUT2D eigenvalue weighted by Crippen LogP contribution is -2.15. The number of hydrogen-bond donors (Lipinski definition) is 1. The molecule has 134 valence electrons. The first-order valence-corrected chi connectivity index (χ1v) is 9.14. The zero-order chi connectivity index (χ0) is 18.4. The molecule has 0 spiro atoms. The Kier molecular flexibility index (Phi) is 5.85. The number of benzene rings is 2. The first-order chi connectivity index (χ1) is 12.6. The number of amides is 1. The maximum absolute atomic E-state index is 12.1. The molecule has 7 nitrogen and oxygen atoms in total. The molecule has 3 aromatic rings. The van der Waals surface area contributed by atoms with Crippen molar-refractivity contribution in [3.05, 3.63) is 54.6 Å². The molecule has 1 N–H and O–H groups in total. The molecule has 0 atom stereocenters. The average Bonchev–Trinajstić information content (AvgIpc) is 3.11. The molecule has 0 radical (unpaired) electrons. The fourth-order valence-corrected chi connectivity index (χ4v) is 2.97. The van der Waals surface area contributed by atoms with Crippen molar-refractivity contribution in [3.63, 3.8) is 0 Å². The maximum Gasteiger partial charge on any atom is 0.234 e. The molecular formula is C18H19N5O2S. The fourth-order valence-electron chi connectivity index (χ4n) is 2.16. The summed E-state index contributed by atoms with van der Waals surface area (Å²) < 4.78 is 7.42. The number of carbonyl (C=O) groups is 1. The highest BCUT2D eigenvalue weighted by atomic mass is 32.2. The van der Waals surface area contributed by atoms with Gasteiger partial charge in [-0.15, -0.1) is 5.10 Å². The van der Waals surface area contributed by atoms with E-state index >= 15 is 0 Å². The van der Waals surface area contributed by atoms with Gasteiger partial charge in [0.1, 0.15) is 11.5 Å². The van der Waals surface area contributed by atoms with Gasteiger partial charge in [0, 0.05) is 5.69 Å². The van der Waals surface area contributed by atoms with E-state index in [1.807, 2.05) is 56.3 Å². The van der Waals surface area contributed by atoms with Gasteiger partial charge in [0.2, 0.25) is 11.1 Å². The van der Waals surface area contributed by atoms with Crippen molar-refractivity contribution in [1.82, 2.24) is 20.2 Å². The van der Waals surface area contributed by atoms with Crippen LogP contribution in [-0.2, 0) is 4.79 Å². The molecule has 8 heteroatoms. The Morgan fingerprint density at radius 2 is 1.81 bits per heavy atom. The average molecular weight is 369 g/mol. The van der Waals surface area contributed by atoms with Crippen molar-refractivity contribution in [2.45, 2.75) is 25.0 Å². The van der Waals surface area contributed by atoms with Gasteiger partial charge in [-0.2, -0.15) is 0 Å². The number of hydrogen-bond acceptors (Lipinski definition) is 6. The number of ether oxygens (including phenoxy) is 1. The second-order valence-corrected chi connectivity index (χ2v) is 6.72. The Labute approximate surface area is 155 Å². The van der Waals surface area contributed by atoms with E-state index in [0.29, 0.717) is 16.6 Å². The predicted molar refractivity (Wildman–Crippen MR) is 101 cm³/mol. The number of nitrogens with zero attached hydrogens (tertiary/aromatic N) is 4. The van der Waals surface area contributed by atoms with Gasteiger partial charge in [-0.05, 0) is 60.7 Å². The molecule has 0 aliphatic heterocycles. The second-order valence-electron chi connectivity index (χ2n) is 5.78. The fraction of sp³-hybridized carbons (Fsp3) is 0.222. The maximum atomic E-state index is 12.1. The summed E-state index contributed by atoms with van der Waals surface area (Å²) in [6.45, 7) is 3.97. The van der Waals surface area contributed by atoms with Crippen LogP contribution in [0.3, 0.4) is 0 Å². The van der Waals surface area contributed by atoms with Crippen LogP contribution >= 0.6 is 11.8 Å². The highest BCUT2D eigenvalue weighted by Crippen LogP contribution is 2.23. The minimum absolute atomic E-state index is 0.120. The summed E-state index contributed by atoms with van der Waals surface area (Å²) >= 11 is 1.30. The van der Waals surface area contributed by atoms with Crippen LogP contribution in [0.15, 0.2) is 59.8 Å². The normalized spacial score (nSPS) is 10.7. The summed E-state index contributed by atoms with van der Waals surface area (Å²) in [5.41, 5.74) is 0.708. The van der Waals surface area contributed by atoms with Gasteiger partial charge in [-0.3, -0.25) is 4.79 Å². The third kappa shape index (κ3) is 4.82. The minimum atomic E-state index is -0.120. The van der Waals surface area contributed by atoms with Crippen molar-refractivity contribution >= 4 is 23.4 Å². The Hall–Kier alpha value is -2.87. The van der Waals surface area contributed by atoms with Gasteiger partial charge in [-0.1, -0.05) is 30.0 Å². The van der Waals surface area contributed by atoms with Crippen molar-refractivity contribution < 1.29 is 9.53 Å². The number of thioether (sulfide) groups is 1. The van der Waals surface area contributed by atoms with E-state index in [9.17, 15) is 4.79 Å². The molecule has 0 saturated heterocycles. The first-order valence-electron chi connectivity index (χ1n) is 8.15. The molecule has 0 fully saturated rings. The summed E-state index contributed by atoms with van der Waals surface area (Å²) in [7, 11) is 0. The first kappa shape index (κ1) is 17.9. The molecular weight excluding hydrogens is 350 g/mol. The summed E-state index contributed by atoms with van der Waals surface area (Å²) in [5.74, 6) is 1.59. The summed E-state index contributed by atoms with van der Waals surface area (Å²) in [6, 6.07) is 16.9. The lowest BCUT2D eigenvalue weighted by molar-refractivity contribution is -0.113. The number of para-hydroxylation sites is 1. The number of nitrogens with one attached hydrogen (secondary N) is 1. The van der Waals surface area contributed by atoms with Crippen LogP contribution < -0.4 is 10.1 Å². The van der Waals surface area contributed by atoms with E-state index in [1.165, 1.54) is 11.8 Å². The molecule has 0 saturated carbocycles. The van der Waals surface area contributed by atoms with Gasteiger partial charge < -0.3 is 10.1 Å². The van der Waals surface area contributed by atoms with E-state index in [4.69, 9.17) is 4.74 Å². The van der Waals surface area contributed by atoms with E-state index in [-0.39, 0.29) is 17.7 Å². The summed E-state index contributed by atoms with van der Waals surface area (Å²) in [4.78, 5) is 12.1. The van der Waals surface area contributed by atoms with Crippen LogP contribution in [0.5, 0.6) is 11.5 Å². The quantitative estimate of drug-likeness (QED) is 0.638. The topological polar surface area (TPSA) is 81.9 Å². The molecule has 2 aromatic carbocycles. The summed E-state index contributed by atoms with van der Waals surface area (Å²) in [6.07, 6.45) is 0. The van der Waals surface area contributed by atoms with Crippen LogP contribution in [0.1, 0.15) is 19.9 Å². The molecule has 1 amide bonds. The van der Waals surface area contributed by atoms with Crippen molar-refractivity contribution in [2.24, 2.45) is 0 Å². The molecule has 0 aliphatic rings. The minimum Gasteiger partial charge on any atom is -0.457 e. The monoisotopic (exact) mass is 369 g/mol. The van der Waals surface area contributed by atoms with E-state index in [0.717, 1.165) is 5.75 Å². The molecule has 3 rings (SSSR count). The number of aromatic nitrogens is 4. The number of rotatable bonds is 7. The lowest BCUT2D eigenvalue weighted by Gasteiger charge is -2.09. The second kappa shape index (κ2) is 8.48. The highest BCUT2D eigenvalue weighted by molar-refractivity contribution is 7.99. The van der Waals surface area contributed by atoms with E-state index in [1.54, 1.807) is 16.8 Å². The highest BCUT2D eigenvalue weighted by Gasteiger charge is 2.12. The van der Waals surface area contributed by atoms with E-state index in [2.05, 4.69) is 20.8 Å². The van der Waals surface area contributed by atoms with Gasteiger partial charge in [0.15, 0.2) is 0 Å². The molecule has 0 unspecified atom stereocenters. The van der Waals surface area contributed by atoms with Gasteiger partial charge in [0.25, 0.3) is 0 Å². The summed E-state index contributed by atoms with van der Waals surface area (Å²) in [5, 5.41) is 15.0. The van der Waals surface area contributed by atoms with Gasteiger partial charge in [0.05, 0.1) is 11.8 Å². The third-order valence-electron chi connectivity index (χ3n) is 3.40. The predicted octanol–water partition coefficient (Wildman–Crippen LogP) is 3.78. The van der Waals surface area contributed by atoms with Crippen LogP contribution in [0.4, 0.5) is 5.69 Å². The van der Waals surface area contributed by atoms with Gasteiger partial charge >= 0.3 is 0 Å². The van der Waals surface area contributed by atoms with Crippen LogP contribution in [0, 0.1) is 0 Å². The number of carbonyl (C=O) groups excluding carboxylic acids is 1. The zero-order valence-corrected chi connectivity index (χ0v) is 15.3. The van der Waals surface area contributed by atoms with Crippen molar-refractivity contribution in [3.8, 4) is 11.5 Å². The standard InChI is InChI=1S/C18H19N5O2S/c1-13(2)23-18(20-21-22-23)26-12-17(24)19-14-8-10-16(11-9-14)25-15-6-4-3-5-7-15/h3-11,13H,12H2,1-2H3,(H,19,24). The Morgan fingerprint density at radius 3 is 2.50 bits per heavy atom. The van der Waals surface area contributed by atoms with Crippen molar-refractivity contribution in [1.29, 1.82) is 0 Å². The van der Waals surface area contributed by atoms with Gasteiger partial charge in [-0.25, -0.2) is 4.68 Å². The molecule has 0 aliphatic carbocycles. The number of anilines is 1. The Balaban J connectivity index is 1.52. The molecule has 1 heterocycles. The zero-order valence-electron chi connectivity index (χ0n) is 14.5. The number of tetrazole rings is 1. The van der Waals surface area contributed by atoms with Crippen LogP contribution in [0.2, 0.25) is 0 Å². The Morgan fingerprint density at radius 1 is 1.12 bits per heavy atom. The lowest BCUT2D eigenvalue weighted by atomic mass is 10.3.